The average Bonchev–Trinajstić information content (AvgIpc) is 2.46. The number of methoxy groups -OCH3 is 1. The predicted octanol–water partition coefficient (Wildman–Crippen LogP) is 3.86. The van der Waals surface area contributed by atoms with Gasteiger partial charge in [-0.2, -0.15) is 0 Å². The molecule has 5 nitrogen and oxygen atoms in total. The Morgan fingerprint density at radius 1 is 1.33 bits per heavy atom. The highest BCUT2D eigenvalue weighted by atomic mass is 79.9. The van der Waals surface area contributed by atoms with Crippen molar-refractivity contribution in [3.8, 4) is 5.75 Å². The van der Waals surface area contributed by atoms with Crippen molar-refractivity contribution in [2.24, 2.45) is 0 Å². The number of carboxylic acids is 1. The fraction of sp³-hybridized carbons (Fsp3) is 0.200. The highest BCUT2D eigenvalue weighted by Crippen LogP contribution is 2.26. The summed E-state index contributed by atoms with van der Waals surface area (Å²) in [6.07, 6.45) is 0.664. The quantitative estimate of drug-likeness (QED) is 0.856. The van der Waals surface area contributed by atoms with Crippen LogP contribution in [0.4, 0.5) is 11.5 Å². The molecule has 0 atom stereocenters. The van der Waals surface area contributed by atoms with Crippen LogP contribution >= 0.6 is 15.9 Å². The lowest BCUT2D eigenvalue weighted by Crippen LogP contribution is -2.03. The van der Waals surface area contributed by atoms with Gasteiger partial charge in [-0.3, -0.25) is 0 Å². The molecule has 1 aromatic heterocycles. The molecule has 2 aromatic rings. The minimum absolute atomic E-state index is 0.214. The predicted molar refractivity (Wildman–Crippen MR) is 84.6 cm³/mol. The molecule has 0 saturated carbocycles. The monoisotopic (exact) mass is 350 g/mol. The molecular weight excluding hydrogens is 336 g/mol. The second-order valence-corrected chi connectivity index (χ2v) is 5.31. The summed E-state index contributed by atoms with van der Waals surface area (Å²) in [5.74, 6) is 0.214. The van der Waals surface area contributed by atoms with E-state index in [1.165, 1.54) is 6.07 Å². The summed E-state index contributed by atoms with van der Waals surface area (Å²) in [6, 6.07) is 8.60. The van der Waals surface area contributed by atoms with E-state index in [-0.39, 0.29) is 5.56 Å². The summed E-state index contributed by atoms with van der Waals surface area (Å²) in [4.78, 5) is 15.5. The number of nitrogens with one attached hydrogen (secondary N) is 1. The van der Waals surface area contributed by atoms with Crippen molar-refractivity contribution in [3.05, 3.63) is 46.1 Å². The Morgan fingerprint density at radius 3 is 2.71 bits per heavy atom. The maximum Gasteiger partial charge on any atom is 0.335 e. The van der Waals surface area contributed by atoms with Gasteiger partial charge in [0.2, 0.25) is 0 Å². The number of hydrogen-bond donors (Lipinski definition) is 2. The first-order valence-corrected chi connectivity index (χ1v) is 7.17. The van der Waals surface area contributed by atoms with E-state index in [4.69, 9.17) is 9.84 Å². The molecule has 0 bridgehead atoms. The number of ether oxygens (including phenoxy) is 1. The van der Waals surface area contributed by atoms with Gasteiger partial charge in [0, 0.05) is 21.9 Å². The number of hydrogen-bond acceptors (Lipinski definition) is 4. The number of rotatable bonds is 5. The summed E-state index contributed by atoms with van der Waals surface area (Å²) in [7, 11) is 1.59. The molecule has 0 amide bonds. The zero-order chi connectivity index (χ0) is 15.4. The van der Waals surface area contributed by atoms with Crippen LogP contribution in [0.5, 0.6) is 5.75 Å². The molecule has 1 heterocycles. The van der Waals surface area contributed by atoms with Gasteiger partial charge < -0.3 is 15.2 Å². The van der Waals surface area contributed by atoms with Crippen molar-refractivity contribution in [1.82, 2.24) is 4.98 Å². The largest absolute Gasteiger partial charge is 0.497 e. The number of pyridine rings is 1. The zero-order valence-electron chi connectivity index (χ0n) is 11.7. The van der Waals surface area contributed by atoms with E-state index in [0.29, 0.717) is 18.0 Å². The molecule has 2 rings (SSSR count). The number of aryl methyl sites for hydroxylation is 1. The second kappa shape index (κ2) is 6.58. The Labute approximate surface area is 131 Å². The maximum absolute atomic E-state index is 11.1. The van der Waals surface area contributed by atoms with Crippen molar-refractivity contribution in [1.29, 1.82) is 0 Å². The molecule has 6 heteroatoms. The third-order valence-electron chi connectivity index (χ3n) is 2.87. The summed E-state index contributed by atoms with van der Waals surface area (Å²) >= 11 is 3.40. The van der Waals surface area contributed by atoms with E-state index in [1.54, 1.807) is 13.2 Å². The topological polar surface area (TPSA) is 71.5 Å². The third kappa shape index (κ3) is 3.95. The van der Waals surface area contributed by atoms with Crippen LogP contribution in [0.3, 0.4) is 0 Å². The number of aromatic carboxylic acids is 1. The average molecular weight is 351 g/mol. The molecule has 110 valence electrons. The minimum atomic E-state index is -0.970. The van der Waals surface area contributed by atoms with E-state index in [2.05, 4.69) is 26.2 Å². The van der Waals surface area contributed by atoms with Crippen LogP contribution in [0.25, 0.3) is 0 Å². The van der Waals surface area contributed by atoms with Gasteiger partial charge >= 0.3 is 5.97 Å². The molecule has 2 N–H and O–H groups in total. The fourth-order valence-electron chi connectivity index (χ4n) is 1.86. The van der Waals surface area contributed by atoms with Crippen LogP contribution in [0.2, 0.25) is 0 Å². The van der Waals surface area contributed by atoms with Gasteiger partial charge in [0.05, 0.1) is 12.7 Å². The SMILES string of the molecule is CCc1cc(C(=O)O)cc(Nc2cc(Br)cc(OC)c2)n1. The standard InChI is InChI=1S/C15H15BrN2O3/c1-3-11-4-9(15(19)20)5-14(17-11)18-12-6-10(16)7-13(8-12)21-2/h4-8H,3H2,1-2H3,(H,17,18)(H,19,20). The van der Waals surface area contributed by atoms with Gasteiger partial charge in [-0.1, -0.05) is 22.9 Å². The molecular formula is C15H15BrN2O3. The van der Waals surface area contributed by atoms with E-state index in [0.717, 1.165) is 15.9 Å². The lowest BCUT2D eigenvalue weighted by atomic mass is 10.2. The van der Waals surface area contributed by atoms with Gasteiger partial charge in [-0.05, 0) is 30.7 Å². The maximum atomic E-state index is 11.1. The smallest absolute Gasteiger partial charge is 0.335 e. The van der Waals surface area contributed by atoms with Gasteiger partial charge in [0.15, 0.2) is 0 Å². The molecule has 0 aliphatic carbocycles. The zero-order valence-corrected chi connectivity index (χ0v) is 13.3. The van der Waals surface area contributed by atoms with Gasteiger partial charge in [-0.25, -0.2) is 9.78 Å². The van der Waals surface area contributed by atoms with Crippen LogP contribution in [-0.2, 0) is 6.42 Å². The number of halogens is 1. The third-order valence-corrected chi connectivity index (χ3v) is 3.32. The molecule has 0 aliphatic rings. The molecule has 0 fully saturated rings. The Bertz CT molecular complexity index is 674. The number of carboxylic acid groups (broad SMARTS) is 1. The van der Waals surface area contributed by atoms with Crippen LogP contribution in [0.15, 0.2) is 34.8 Å². The number of benzene rings is 1. The van der Waals surface area contributed by atoms with Crippen LogP contribution in [0, 0.1) is 0 Å². The molecule has 0 unspecified atom stereocenters. The van der Waals surface area contributed by atoms with E-state index < -0.39 is 5.97 Å². The summed E-state index contributed by atoms with van der Waals surface area (Å²) < 4.78 is 6.05. The summed E-state index contributed by atoms with van der Waals surface area (Å²) in [5, 5.41) is 12.2. The van der Waals surface area contributed by atoms with E-state index >= 15 is 0 Å². The van der Waals surface area contributed by atoms with Crippen LogP contribution < -0.4 is 10.1 Å². The first kappa shape index (κ1) is 15.3. The Hall–Kier alpha value is -2.08. The Kier molecular flexibility index (Phi) is 4.80. The van der Waals surface area contributed by atoms with Crippen molar-refractivity contribution >= 4 is 33.4 Å². The normalized spacial score (nSPS) is 10.2. The lowest BCUT2D eigenvalue weighted by Gasteiger charge is -2.10. The number of nitrogens with zero attached hydrogens (tertiary/aromatic N) is 1. The molecule has 1 aromatic carbocycles. The Balaban J connectivity index is 2.36. The molecule has 0 saturated heterocycles. The first-order valence-electron chi connectivity index (χ1n) is 6.37. The second-order valence-electron chi connectivity index (χ2n) is 4.40. The van der Waals surface area contributed by atoms with Gasteiger partial charge in [0.25, 0.3) is 0 Å². The molecule has 0 radical (unpaired) electrons. The number of carbonyl (C=O) groups is 1. The summed E-state index contributed by atoms with van der Waals surface area (Å²) in [6.45, 7) is 1.93. The molecule has 0 aliphatic heterocycles. The Morgan fingerprint density at radius 2 is 2.10 bits per heavy atom. The summed E-state index contributed by atoms with van der Waals surface area (Å²) in [5.41, 5.74) is 1.70. The van der Waals surface area contributed by atoms with Gasteiger partial charge in [0.1, 0.15) is 11.6 Å². The van der Waals surface area contributed by atoms with Crippen molar-refractivity contribution < 1.29 is 14.6 Å². The minimum Gasteiger partial charge on any atom is -0.497 e. The van der Waals surface area contributed by atoms with Gasteiger partial charge in [-0.15, -0.1) is 0 Å². The highest BCUT2D eigenvalue weighted by Gasteiger charge is 2.09. The highest BCUT2D eigenvalue weighted by molar-refractivity contribution is 9.10. The van der Waals surface area contributed by atoms with Crippen molar-refractivity contribution in [2.45, 2.75) is 13.3 Å². The fourth-order valence-corrected chi connectivity index (χ4v) is 2.33. The number of aromatic nitrogens is 1. The van der Waals surface area contributed by atoms with E-state index in [9.17, 15) is 4.79 Å². The molecule has 21 heavy (non-hydrogen) atoms. The lowest BCUT2D eigenvalue weighted by molar-refractivity contribution is 0.0696. The number of anilines is 2. The van der Waals surface area contributed by atoms with Crippen LogP contribution in [0.1, 0.15) is 23.0 Å². The first-order chi connectivity index (χ1) is 10.0. The van der Waals surface area contributed by atoms with Crippen LogP contribution in [-0.4, -0.2) is 23.2 Å². The van der Waals surface area contributed by atoms with E-state index in [1.807, 2.05) is 25.1 Å². The van der Waals surface area contributed by atoms with Crippen molar-refractivity contribution in [2.75, 3.05) is 12.4 Å². The molecule has 0 spiro atoms. The van der Waals surface area contributed by atoms with Crippen molar-refractivity contribution in [3.63, 3.8) is 0 Å².